The van der Waals surface area contributed by atoms with Crippen molar-refractivity contribution in [1.82, 2.24) is 5.01 Å². The fraction of sp³-hybridized carbons (Fsp3) is 0.462. The zero-order valence-corrected chi connectivity index (χ0v) is 11.3. The minimum atomic E-state index is -0.353. The number of piperidine rings is 1. The average Bonchev–Trinajstić information content (AvgIpc) is 2.33. The Kier molecular flexibility index (Phi) is 5.56. The number of amides is 1. The Morgan fingerprint density at radius 1 is 1.22 bits per heavy atom. The van der Waals surface area contributed by atoms with Crippen molar-refractivity contribution in [3.8, 4) is 0 Å². The Hall–Kier alpha value is -1.13. The van der Waals surface area contributed by atoms with E-state index in [4.69, 9.17) is 0 Å². The van der Waals surface area contributed by atoms with Gasteiger partial charge in [0.25, 0.3) is 0 Å². The predicted octanol–water partition coefficient (Wildman–Crippen LogP) is 3.00. The second kappa shape index (κ2) is 6.71. The van der Waals surface area contributed by atoms with E-state index in [1.165, 1.54) is 24.4 Å². The molecule has 1 aromatic carbocycles. The average molecular weight is 273 g/mol. The van der Waals surface area contributed by atoms with Crippen molar-refractivity contribution in [3.63, 3.8) is 0 Å². The maximum absolute atomic E-state index is 13.7. The standard InChI is InChI=1S/C13H17FN2O.ClH/c1-11(17)16(15-9-5-2-6-10-15)13-8-4-3-7-12(13)14;/h3-4,7-8H,2,5-6,9-10H2,1H3;1H. The fourth-order valence-electron chi connectivity index (χ4n) is 2.22. The normalized spacial score (nSPS) is 15.9. The van der Waals surface area contributed by atoms with Crippen LogP contribution in [0.3, 0.4) is 0 Å². The zero-order chi connectivity index (χ0) is 12.3. The molecule has 5 heteroatoms. The van der Waals surface area contributed by atoms with Gasteiger partial charge in [0.2, 0.25) is 5.91 Å². The third kappa shape index (κ3) is 3.21. The highest BCUT2D eigenvalue weighted by Crippen LogP contribution is 2.23. The molecule has 1 saturated heterocycles. The van der Waals surface area contributed by atoms with E-state index in [0.717, 1.165) is 25.9 Å². The molecule has 0 radical (unpaired) electrons. The van der Waals surface area contributed by atoms with E-state index < -0.39 is 0 Å². The van der Waals surface area contributed by atoms with Crippen molar-refractivity contribution >= 4 is 24.0 Å². The van der Waals surface area contributed by atoms with Crippen LogP contribution < -0.4 is 5.01 Å². The molecule has 100 valence electrons. The summed E-state index contributed by atoms with van der Waals surface area (Å²) in [6.45, 7) is 3.10. The highest BCUT2D eigenvalue weighted by Gasteiger charge is 2.24. The summed E-state index contributed by atoms with van der Waals surface area (Å²) in [6.07, 6.45) is 3.29. The van der Waals surface area contributed by atoms with Gasteiger partial charge in [-0.25, -0.2) is 14.4 Å². The topological polar surface area (TPSA) is 23.6 Å². The minimum Gasteiger partial charge on any atom is -0.273 e. The number of carbonyl (C=O) groups is 1. The lowest BCUT2D eigenvalue weighted by atomic mass is 10.1. The Balaban J connectivity index is 0.00000162. The lowest BCUT2D eigenvalue weighted by Gasteiger charge is -2.36. The van der Waals surface area contributed by atoms with E-state index in [1.807, 2.05) is 5.01 Å². The van der Waals surface area contributed by atoms with Crippen molar-refractivity contribution in [3.05, 3.63) is 30.1 Å². The van der Waals surface area contributed by atoms with Crippen LogP contribution in [0.25, 0.3) is 0 Å². The van der Waals surface area contributed by atoms with Gasteiger partial charge in [-0.2, -0.15) is 0 Å². The molecular weight excluding hydrogens is 255 g/mol. The van der Waals surface area contributed by atoms with Crippen molar-refractivity contribution in [2.75, 3.05) is 18.1 Å². The van der Waals surface area contributed by atoms with Gasteiger partial charge in [-0.3, -0.25) is 4.79 Å². The van der Waals surface area contributed by atoms with Gasteiger partial charge in [0.1, 0.15) is 5.82 Å². The van der Waals surface area contributed by atoms with E-state index in [0.29, 0.717) is 5.69 Å². The predicted molar refractivity (Wildman–Crippen MR) is 72.2 cm³/mol. The quantitative estimate of drug-likeness (QED) is 0.826. The van der Waals surface area contributed by atoms with Gasteiger partial charge in [0.15, 0.2) is 0 Å². The van der Waals surface area contributed by atoms with Gasteiger partial charge in [-0.1, -0.05) is 18.6 Å². The Labute approximate surface area is 113 Å². The largest absolute Gasteiger partial charge is 0.273 e. The van der Waals surface area contributed by atoms with Crippen LogP contribution in [0.4, 0.5) is 10.1 Å². The summed E-state index contributed by atoms with van der Waals surface area (Å²) < 4.78 is 13.7. The second-order valence-electron chi connectivity index (χ2n) is 4.30. The molecule has 3 nitrogen and oxygen atoms in total. The summed E-state index contributed by atoms with van der Waals surface area (Å²) >= 11 is 0. The van der Waals surface area contributed by atoms with Crippen molar-refractivity contribution in [1.29, 1.82) is 0 Å². The number of anilines is 1. The van der Waals surface area contributed by atoms with Crippen LogP contribution in [0.5, 0.6) is 0 Å². The first-order chi connectivity index (χ1) is 8.20. The van der Waals surface area contributed by atoms with E-state index >= 15 is 0 Å². The Morgan fingerprint density at radius 2 is 1.83 bits per heavy atom. The lowest BCUT2D eigenvalue weighted by Crippen LogP contribution is -2.48. The smallest absolute Gasteiger partial charge is 0.238 e. The first-order valence-electron chi connectivity index (χ1n) is 6.00. The van der Waals surface area contributed by atoms with Crippen molar-refractivity contribution < 1.29 is 9.18 Å². The Morgan fingerprint density at radius 3 is 2.39 bits per heavy atom. The van der Waals surface area contributed by atoms with Crippen LogP contribution >= 0.6 is 12.4 Å². The molecule has 0 atom stereocenters. The molecule has 1 aliphatic rings. The molecule has 1 aromatic rings. The molecule has 1 amide bonds. The number of benzene rings is 1. The van der Waals surface area contributed by atoms with Crippen LogP contribution in [0.15, 0.2) is 24.3 Å². The third-order valence-corrected chi connectivity index (χ3v) is 2.99. The van der Waals surface area contributed by atoms with Gasteiger partial charge >= 0.3 is 0 Å². The second-order valence-corrected chi connectivity index (χ2v) is 4.30. The SMILES string of the molecule is CC(=O)N(c1ccccc1F)N1CCCCC1.Cl. The number of para-hydroxylation sites is 1. The molecule has 0 spiro atoms. The van der Waals surface area contributed by atoms with Crippen LogP contribution in [0, 0.1) is 5.82 Å². The molecule has 1 aliphatic heterocycles. The van der Waals surface area contributed by atoms with E-state index in [-0.39, 0.29) is 24.1 Å². The first-order valence-corrected chi connectivity index (χ1v) is 6.00. The van der Waals surface area contributed by atoms with E-state index in [1.54, 1.807) is 18.2 Å². The van der Waals surface area contributed by atoms with E-state index in [2.05, 4.69) is 0 Å². The molecule has 1 fully saturated rings. The van der Waals surface area contributed by atoms with Gasteiger partial charge in [-0.05, 0) is 25.0 Å². The van der Waals surface area contributed by atoms with Crippen LogP contribution in [-0.4, -0.2) is 24.0 Å². The van der Waals surface area contributed by atoms with Crippen LogP contribution in [0.1, 0.15) is 26.2 Å². The number of nitrogens with zero attached hydrogens (tertiary/aromatic N) is 2. The van der Waals surface area contributed by atoms with E-state index in [9.17, 15) is 9.18 Å². The third-order valence-electron chi connectivity index (χ3n) is 2.99. The van der Waals surface area contributed by atoms with Gasteiger partial charge < -0.3 is 0 Å². The van der Waals surface area contributed by atoms with Crippen LogP contribution in [-0.2, 0) is 4.79 Å². The summed E-state index contributed by atoms with van der Waals surface area (Å²) in [4.78, 5) is 11.7. The lowest BCUT2D eigenvalue weighted by molar-refractivity contribution is -0.119. The van der Waals surface area contributed by atoms with Crippen molar-refractivity contribution in [2.24, 2.45) is 0 Å². The molecule has 1 heterocycles. The molecule has 0 aliphatic carbocycles. The molecule has 0 bridgehead atoms. The highest BCUT2D eigenvalue weighted by molar-refractivity contribution is 5.90. The fourth-order valence-corrected chi connectivity index (χ4v) is 2.22. The monoisotopic (exact) mass is 272 g/mol. The number of halogens is 2. The summed E-state index contributed by atoms with van der Waals surface area (Å²) in [5, 5.41) is 3.40. The number of carbonyl (C=O) groups excluding carboxylic acids is 1. The van der Waals surface area contributed by atoms with Gasteiger partial charge in [-0.15, -0.1) is 12.4 Å². The summed E-state index contributed by atoms with van der Waals surface area (Å²) in [5.74, 6) is -0.495. The number of hydrogen-bond donors (Lipinski definition) is 0. The maximum atomic E-state index is 13.7. The Bertz CT molecular complexity index is 408. The molecule has 0 aromatic heterocycles. The van der Waals surface area contributed by atoms with Crippen LogP contribution in [0.2, 0.25) is 0 Å². The summed E-state index contributed by atoms with van der Waals surface area (Å²) in [5.41, 5.74) is 0.349. The molecule has 0 N–H and O–H groups in total. The molecule has 0 saturated carbocycles. The molecule has 0 unspecified atom stereocenters. The first kappa shape index (κ1) is 14.9. The summed E-state index contributed by atoms with van der Waals surface area (Å²) in [6, 6.07) is 6.41. The van der Waals surface area contributed by atoms with Gasteiger partial charge in [0.05, 0.1) is 5.69 Å². The molecule has 18 heavy (non-hydrogen) atoms. The number of hydrogen-bond acceptors (Lipinski definition) is 2. The highest BCUT2D eigenvalue weighted by atomic mass is 35.5. The van der Waals surface area contributed by atoms with Crippen molar-refractivity contribution in [2.45, 2.75) is 26.2 Å². The van der Waals surface area contributed by atoms with Gasteiger partial charge in [0, 0.05) is 20.0 Å². The summed E-state index contributed by atoms with van der Waals surface area (Å²) in [7, 11) is 0. The minimum absolute atomic E-state index is 0. The molecule has 2 rings (SSSR count). The number of rotatable bonds is 2. The number of hydrazine groups is 1. The zero-order valence-electron chi connectivity index (χ0n) is 10.4. The maximum Gasteiger partial charge on any atom is 0.238 e. The molecular formula is C13H18ClFN2O.